The summed E-state index contributed by atoms with van der Waals surface area (Å²) < 4.78 is 5.76. The molecule has 0 aliphatic rings. The van der Waals surface area contributed by atoms with Crippen LogP contribution in [0.4, 0.5) is 0 Å². The number of unbranched alkanes of at least 4 members (excludes halogenated alkanes) is 10. The van der Waals surface area contributed by atoms with Crippen molar-refractivity contribution in [2.75, 3.05) is 0 Å². The number of ether oxygens (including phenoxy) is 1. The Bertz CT molecular complexity index is 659. The molecule has 0 bridgehead atoms. The maximum absolute atomic E-state index is 12.4. The van der Waals surface area contributed by atoms with E-state index in [1.807, 2.05) is 0 Å². The Morgan fingerprint density at radius 3 is 1.71 bits per heavy atom. The molecule has 0 aliphatic heterocycles. The van der Waals surface area contributed by atoms with E-state index in [1.165, 1.54) is 44.9 Å². The van der Waals surface area contributed by atoms with E-state index in [1.54, 1.807) is 0 Å². The molecule has 4 nitrogen and oxygen atoms in total. The molecule has 0 aromatic carbocycles. The molecule has 4 heteroatoms. The number of carbonyl (C=O) groups excluding carboxylic acids is 1. The normalized spacial score (nSPS) is 12.9. The lowest BCUT2D eigenvalue weighted by Gasteiger charge is -2.18. The number of aliphatic carboxylic acids is 1. The molecule has 0 spiro atoms. The van der Waals surface area contributed by atoms with E-state index in [0.717, 1.165) is 64.2 Å². The second kappa shape index (κ2) is 29.5. The number of hydrogen-bond acceptors (Lipinski definition) is 3. The fraction of sp³-hybridized carbons (Fsp3) is 0.706. The molecular formula is C34H58O4. The molecule has 0 aromatic heterocycles. The van der Waals surface area contributed by atoms with Gasteiger partial charge < -0.3 is 9.84 Å². The van der Waals surface area contributed by atoms with Gasteiger partial charge in [0.25, 0.3) is 0 Å². The van der Waals surface area contributed by atoms with Gasteiger partial charge in [0, 0.05) is 12.8 Å². The number of carbonyl (C=O) groups is 2. The Labute approximate surface area is 234 Å². The average Bonchev–Trinajstić information content (AvgIpc) is 2.89. The predicted octanol–water partition coefficient (Wildman–Crippen LogP) is 10.4. The molecule has 0 radical (unpaired) electrons. The molecule has 0 fully saturated rings. The van der Waals surface area contributed by atoms with Crippen LogP contribution in [0.15, 0.2) is 48.6 Å². The van der Waals surface area contributed by atoms with Crippen molar-refractivity contribution >= 4 is 11.9 Å². The first-order valence-corrected chi connectivity index (χ1v) is 15.6. The largest absolute Gasteiger partial charge is 0.481 e. The molecule has 0 saturated carbocycles. The number of carboxylic acid groups (broad SMARTS) is 1. The van der Waals surface area contributed by atoms with Crippen molar-refractivity contribution in [2.24, 2.45) is 0 Å². The third-order valence-electron chi connectivity index (χ3n) is 6.57. The van der Waals surface area contributed by atoms with Crippen LogP contribution in [-0.2, 0) is 14.3 Å². The first-order chi connectivity index (χ1) is 18.6. The quantitative estimate of drug-likeness (QED) is 0.0651. The fourth-order valence-electron chi connectivity index (χ4n) is 4.30. The third kappa shape index (κ3) is 28.5. The van der Waals surface area contributed by atoms with E-state index in [4.69, 9.17) is 9.84 Å². The van der Waals surface area contributed by atoms with Gasteiger partial charge in [0.15, 0.2) is 0 Å². The summed E-state index contributed by atoms with van der Waals surface area (Å²) in [5.74, 6) is -0.916. The molecule has 0 amide bonds. The molecule has 0 rings (SSSR count). The van der Waals surface area contributed by atoms with Crippen LogP contribution in [-0.4, -0.2) is 23.1 Å². The Morgan fingerprint density at radius 1 is 0.605 bits per heavy atom. The van der Waals surface area contributed by atoms with E-state index in [0.29, 0.717) is 19.3 Å². The van der Waals surface area contributed by atoms with E-state index >= 15 is 0 Å². The SMILES string of the molecule is CC/C=C\C/C=C\C/C=C\C/C=C\CCCCC(=O)OC(CCCCCCCCCCC)CCCC(=O)O. The summed E-state index contributed by atoms with van der Waals surface area (Å²) in [7, 11) is 0. The zero-order valence-corrected chi connectivity index (χ0v) is 24.7. The van der Waals surface area contributed by atoms with Crippen LogP contribution in [0, 0.1) is 0 Å². The Balaban J connectivity index is 3.99. The molecule has 1 atom stereocenters. The van der Waals surface area contributed by atoms with Crippen LogP contribution < -0.4 is 0 Å². The van der Waals surface area contributed by atoms with Crippen LogP contribution in [0.25, 0.3) is 0 Å². The summed E-state index contributed by atoms with van der Waals surface area (Å²) >= 11 is 0. The van der Waals surface area contributed by atoms with Gasteiger partial charge in [-0.05, 0) is 70.6 Å². The van der Waals surface area contributed by atoms with Gasteiger partial charge in [-0.1, -0.05) is 114 Å². The fourth-order valence-corrected chi connectivity index (χ4v) is 4.30. The van der Waals surface area contributed by atoms with Crippen molar-refractivity contribution in [3.8, 4) is 0 Å². The van der Waals surface area contributed by atoms with Gasteiger partial charge in [-0.15, -0.1) is 0 Å². The molecule has 0 saturated heterocycles. The number of allylic oxidation sites excluding steroid dienone is 8. The van der Waals surface area contributed by atoms with Crippen LogP contribution in [0.1, 0.15) is 149 Å². The molecule has 38 heavy (non-hydrogen) atoms. The van der Waals surface area contributed by atoms with Gasteiger partial charge in [0.05, 0.1) is 0 Å². The Morgan fingerprint density at radius 2 is 1.13 bits per heavy atom. The Hall–Kier alpha value is -2.10. The monoisotopic (exact) mass is 530 g/mol. The summed E-state index contributed by atoms with van der Waals surface area (Å²) in [5.41, 5.74) is 0. The summed E-state index contributed by atoms with van der Waals surface area (Å²) in [4.78, 5) is 23.2. The molecule has 1 N–H and O–H groups in total. The molecule has 0 aliphatic carbocycles. The highest BCUT2D eigenvalue weighted by molar-refractivity contribution is 5.69. The number of carboxylic acids is 1. The van der Waals surface area contributed by atoms with Gasteiger partial charge in [-0.25, -0.2) is 0 Å². The van der Waals surface area contributed by atoms with E-state index < -0.39 is 5.97 Å². The van der Waals surface area contributed by atoms with Gasteiger partial charge in [0.2, 0.25) is 0 Å². The molecule has 1 unspecified atom stereocenters. The zero-order chi connectivity index (χ0) is 27.9. The lowest BCUT2D eigenvalue weighted by Crippen LogP contribution is -2.18. The summed E-state index contributed by atoms with van der Waals surface area (Å²) in [6.07, 6.45) is 38.3. The lowest BCUT2D eigenvalue weighted by atomic mass is 10.0. The van der Waals surface area contributed by atoms with Crippen molar-refractivity contribution in [1.29, 1.82) is 0 Å². The van der Waals surface area contributed by atoms with Gasteiger partial charge in [0.1, 0.15) is 6.10 Å². The van der Waals surface area contributed by atoms with Crippen LogP contribution in [0.3, 0.4) is 0 Å². The van der Waals surface area contributed by atoms with E-state index in [-0.39, 0.29) is 18.5 Å². The topological polar surface area (TPSA) is 63.6 Å². The van der Waals surface area contributed by atoms with Crippen molar-refractivity contribution in [2.45, 2.75) is 155 Å². The summed E-state index contributed by atoms with van der Waals surface area (Å²) in [6, 6.07) is 0. The van der Waals surface area contributed by atoms with Crippen molar-refractivity contribution in [3.05, 3.63) is 48.6 Å². The third-order valence-corrected chi connectivity index (χ3v) is 6.57. The summed E-state index contributed by atoms with van der Waals surface area (Å²) in [6.45, 7) is 4.39. The molecular weight excluding hydrogens is 472 g/mol. The minimum Gasteiger partial charge on any atom is -0.481 e. The second-order valence-corrected chi connectivity index (χ2v) is 10.3. The van der Waals surface area contributed by atoms with Crippen LogP contribution >= 0.6 is 0 Å². The highest BCUT2D eigenvalue weighted by Crippen LogP contribution is 2.17. The standard InChI is InChI=1S/C34H58O4/c1-3-5-7-9-11-13-14-15-16-17-18-20-22-24-26-31-34(37)38-32(29-27-30-33(35)36)28-25-23-21-19-12-10-8-6-4-2/h5,7,11,13,15-16,18,20,32H,3-4,6,8-10,12,14,17,19,21-31H2,1-2H3,(H,35,36)/b7-5-,13-11-,16-15-,20-18-. The van der Waals surface area contributed by atoms with Crippen molar-refractivity contribution in [1.82, 2.24) is 0 Å². The van der Waals surface area contributed by atoms with Crippen LogP contribution in [0.5, 0.6) is 0 Å². The highest BCUT2D eigenvalue weighted by Gasteiger charge is 2.15. The van der Waals surface area contributed by atoms with E-state index in [9.17, 15) is 9.59 Å². The maximum atomic E-state index is 12.4. The Kier molecular flexibility index (Phi) is 27.8. The number of esters is 1. The minimum atomic E-state index is -0.783. The molecule has 218 valence electrons. The predicted molar refractivity (Wildman–Crippen MR) is 162 cm³/mol. The van der Waals surface area contributed by atoms with Gasteiger partial charge >= 0.3 is 11.9 Å². The van der Waals surface area contributed by atoms with E-state index in [2.05, 4.69) is 62.5 Å². The highest BCUT2D eigenvalue weighted by atomic mass is 16.5. The average molecular weight is 531 g/mol. The lowest BCUT2D eigenvalue weighted by molar-refractivity contribution is -0.150. The minimum absolute atomic E-state index is 0.133. The smallest absolute Gasteiger partial charge is 0.306 e. The second-order valence-electron chi connectivity index (χ2n) is 10.3. The van der Waals surface area contributed by atoms with Crippen LogP contribution in [0.2, 0.25) is 0 Å². The van der Waals surface area contributed by atoms with Gasteiger partial charge in [-0.2, -0.15) is 0 Å². The van der Waals surface area contributed by atoms with Crippen molar-refractivity contribution in [3.63, 3.8) is 0 Å². The first-order valence-electron chi connectivity index (χ1n) is 15.6. The first kappa shape index (κ1) is 35.9. The summed E-state index contributed by atoms with van der Waals surface area (Å²) in [5, 5.41) is 8.94. The molecule has 0 aromatic rings. The van der Waals surface area contributed by atoms with Crippen molar-refractivity contribution < 1.29 is 19.4 Å². The number of hydrogen-bond donors (Lipinski definition) is 1. The van der Waals surface area contributed by atoms with Gasteiger partial charge in [-0.3, -0.25) is 9.59 Å². The zero-order valence-electron chi connectivity index (χ0n) is 24.7. The number of rotatable bonds is 27. The maximum Gasteiger partial charge on any atom is 0.306 e. The molecule has 0 heterocycles.